The van der Waals surface area contributed by atoms with Gasteiger partial charge in [0, 0.05) is 13.1 Å². The summed E-state index contributed by atoms with van der Waals surface area (Å²) in [4.78, 5) is 12.9. The molecule has 3 rings (SSSR count). The van der Waals surface area contributed by atoms with Gasteiger partial charge >= 0.3 is 18.4 Å². The molecule has 0 aromatic heterocycles. The zero-order valence-electron chi connectivity index (χ0n) is 17.6. The molecule has 5 nitrogen and oxygen atoms in total. The summed E-state index contributed by atoms with van der Waals surface area (Å²) in [6, 6.07) is 5.32. The second-order valence-electron chi connectivity index (χ2n) is 7.41. The molecule has 0 radical (unpaired) electrons. The average Bonchev–Trinajstić information content (AvgIpc) is 3.19. The minimum Gasteiger partial charge on any atom is -0.454 e. The number of piperidine rings is 1. The predicted octanol–water partition coefficient (Wildman–Crippen LogP) is 6.03. The van der Waals surface area contributed by atoms with Crippen LogP contribution in [0.1, 0.15) is 25.3 Å². The van der Waals surface area contributed by atoms with Crippen LogP contribution in [0.15, 0.2) is 48.1 Å². The Morgan fingerprint density at radius 2 is 1.70 bits per heavy atom. The fourth-order valence-corrected chi connectivity index (χ4v) is 3.66. The quantitative estimate of drug-likeness (QED) is 0.393. The zero-order valence-corrected chi connectivity index (χ0v) is 17.6. The molecule has 1 saturated heterocycles. The van der Waals surface area contributed by atoms with Gasteiger partial charge in [-0.25, -0.2) is 4.79 Å². The number of carbonyl (C=O) groups excluding carboxylic acids is 1. The predicted molar refractivity (Wildman–Crippen MR) is 107 cm³/mol. The van der Waals surface area contributed by atoms with Gasteiger partial charge in [-0.2, -0.15) is 26.3 Å². The third-order valence-corrected chi connectivity index (χ3v) is 5.14. The van der Waals surface area contributed by atoms with E-state index in [0.717, 1.165) is 21.6 Å². The van der Waals surface area contributed by atoms with Crippen LogP contribution in [0.4, 0.5) is 31.1 Å². The number of benzene rings is 1. The number of ether oxygens (including phenoxy) is 3. The van der Waals surface area contributed by atoms with Gasteiger partial charge in [-0.15, -0.1) is 0 Å². The number of hydrogen-bond donors (Lipinski definition) is 0. The van der Waals surface area contributed by atoms with Crippen LogP contribution in [0.25, 0.3) is 5.57 Å². The Hall–Kier alpha value is -3.11. The van der Waals surface area contributed by atoms with Gasteiger partial charge in [0.2, 0.25) is 6.79 Å². The van der Waals surface area contributed by atoms with Crippen molar-refractivity contribution < 1.29 is 45.3 Å². The van der Waals surface area contributed by atoms with Gasteiger partial charge in [-0.3, -0.25) is 0 Å². The van der Waals surface area contributed by atoms with E-state index >= 15 is 0 Å². The van der Waals surface area contributed by atoms with Crippen LogP contribution in [-0.2, 0) is 4.74 Å². The van der Waals surface area contributed by atoms with Crippen molar-refractivity contribution in [1.29, 1.82) is 0 Å². The smallest absolute Gasteiger partial charge is 0.434 e. The molecule has 0 spiro atoms. The van der Waals surface area contributed by atoms with Gasteiger partial charge < -0.3 is 19.1 Å². The highest BCUT2D eigenvalue weighted by Crippen LogP contribution is 2.40. The molecule has 1 fully saturated rings. The summed E-state index contributed by atoms with van der Waals surface area (Å²) in [5.41, 5.74) is 3.05. The van der Waals surface area contributed by atoms with Crippen LogP contribution in [-0.4, -0.2) is 49.3 Å². The molecule has 33 heavy (non-hydrogen) atoms. The molecule has 1 aromatic rings. The third-order valence-electron chi connectivity index (χ3n) is 5.14. The Labute approximate surface area is 185 Å². The van der Waals surface area contributed by atoms with Crippen LogP contribution in [0.3, 0.4) is 0 Å². The van der Waals surface area contributed by atoms with Gasteiger partial charge in [-0.05, 0) is 48.6 Å². The number of rotatable bonds is 4. The van der Waals surface area contributed by atoms with Gasteiger partial charge in [0.05, 0.1) is 0 Å². The van der Waals surface area contributed by atoms with Crippen LogP contribution in [0.2, 0.25) is 0 Å². The average molecular weight is 477 g/mol. The number of nitrogens with zero attached hydrogens (tertiary/aromatic N) is 1. The number of amides is 1. The van der Waals surface area contributed by atoms with Gasteiger partial charge in [0.25, 0.3) is 6.10 Å². The van der Waals surface area contributed by atoms with Crippen LogP contribution in [0, 0.1) is 0 Å². The van der Waals surface area contributed by atoms with Gasteiger partial charge in [0.1, 0.15) is 0 Å². The summed E-state index contributed by atoms with van der Waals surface area (Å²) in [5, 5.41) is 0. The maximum atomic E-state index is 12.7. The van der Waals surface area contributed by atoms with E-state index in [2.05, 4.69) is 11.3 Å². The lowest BCUT2D eigenvalue weighted by Crippen LogP contribution is -2.49. The van der Waals surface area contributed by atoms with Crippen molar-refractivity contribution in [3.05, 3.63) is 53.6 Å². The second-order valence-corrected chi connectivity index (χ2v) is 7.41. The largest absolute Gasteiger partial charge is 0.454 e. The van der Waals surface area contributed by atoms with E-state index in [1.54, 1.807) is 24.3 Å². The van der Waals surface area contributed by atoms with E-state index in [0.29, 0.717) is 17.1 Å². The van der Waals surface area contributed by atoms with Crippen molar-refractivity contribution in [3.8, 4) is 11.5 Å². The van der Waals surface area contributed by atoms with E-state index in [1.807, 2.05) is 13.0 Å². The molecule has 1 aromatic carbocycles. The molecule has 0 bridgehead atoms. The lowest BCUT2D eigenvalue weighted by Gasteiger charge is -2.32. The van der Waals surface area contributed by atoms with Crippen LogP contribution >= 0.6 is 0 Å². The lowest BCUT2D eigenvalue weighted by molar-refractivity contribution is -0.308. The highest BCUT2D eigenvalue weighted by molar-refractivity contribution is 5.84. The second kappa shape index (κ2) is 9.40. The van der Waals surface area contributed by atoms with Crippen molar-refractivity contribution in [2.24, 2.45) is 0 Å². The molecule has 11 heteroatoms. The Kier molecular flexibility index (Phi) is 6.99. The molecule has 2 aliphatic rings. The van der Waals surface area contributed by atoms with E-state index < -0.39 is 24.5 Å². The fourth-order valence-electron chi connectivity index (χ4n) is 3.66. The highest BCUT2D eigenvalue weighted by atomic mass is 19.4. The minimum absolute atomic E-state index is 0.0917. The topological polar surface area (TPSA) is 48.0 Å². The van der Waals surface area contributed by atoms with Crippen molar-refractivity contribution in [1.82, 2.24) is 4.90 Å². The molecule has 0 atom stereocenters. The number of alkyl halides is 6. The number of likely N-dealkylation sites (tertiary alicyclic amines) is 1. The molecular formula is C22H21F6NO4. The van der Waals surface area contributed by atoms with Crippen molar-refractivity contribution in [2.75, 3.05) is 19.9 Å². The first-order valence-electron chi connectivity index (χ1n) is 9.94. The van der Waals surface area contributed by atoms with E-state index in [4.69, 9.17) is 9.47 Å². The third kappa shape index (κ3) is 5.63. The van der Waals surface area contributed by atoms with E-state index in [-0.39, 0.29) is 32.7 Å². The first-order valence-corrected chi connectivity index (χ1v) is 9.94. The van der Waals surface area contributed by atoms with Gasteiger partial charge in [-0.1, -0.05) is 30.4 Å². The van der Waals surface area contributed by atoms with Crippen molar-refractivity contribution in [2.45, 2.75) is 38.2 Å². The minimum atomic E-state index is -5.76. The first-order chi connectivity index (χ1) is 15.4. The highest BCUT2D eigenvalue weighted by Gasteiger charge is 2.60. The monoisotopic (exact) mass is 477 g/mol. The number of fused-ring (bicyclic) bond motifs is 1. The van der Waals surface area contributed by atoms with Crippen molar-refractivity contribution in [3.63, 3.8) is 0 Å². The summed E-state index contributed by atoms with van der Waals surface area (Å²) in [7, 11) is 0. The Morgan fingerprint density at radius 1 is 1.09 bits per heavy atom. The maximum Gasteiger partial charge on any atom is 0.434 e. The van der Waals surface area contributed by atoms with Crippen LogP contribution < -0.4 is 9.47 Å². The molecule has 0 aliphatic carbocycles. The number of carbonyl (C=O) groups is 1. The number of halogens is 6. The molecule has 2 aliphatic heterocycles. The Balaban J connectivity index is 1.80. The zero-order chi connectivity index (χ0) is 24.4. The number of hydrogen-bond acceptors (Lipinski definition) is 4. The fraction of sp³-hybridized carbons (Fsp3) is 0.409. The molecule has 2 heterocycles. The lowest BCUT2D eigenvalue weighted by atomic mass is 9.88. The van der Waals surface area contributed by atoms with E-state index in [9.17, 15) is 31.1 Å². The van der Waals surface area contributed by atoms with E-state index in [1.165, 1.54) is 0 Å². The van der Waals surface area contributed by atoms with Gasteiger partial charge in [0.15, 0.2) is 11.5 Å². The molecule has 0 N–H and O–H groups in total. The van der Waals surface area contributed by atoms with Crippen molar-refractivity contribution >= 4 is 11.7 Å². The maximum absolute atomic E-state index is 12.7. The summed E-state index contributed by atoms with van der Waals surface area (Å²) >= 11 is 0. The SMILES string of the molecule is C=C(C=CC)C(=C1CCN(C(=O)OC(C(F)(F)F)C(F)(F)F)CC1)c1ccc2c(c1)OCO2. The summed E-state index contributed by atoms with van der Waals surface area (Å²) in [6.07, 6.45) is -13.3. The van der Waals surface area contributed by atoms with Crippen LogP contribution in [0.5, 0.6) is 11.5 Å². The number of allylic oxidation sites excluding steroid dienone is 4. The molecule has 180 valence electrons. The summed E-state index contributed by atoms with van der Waals surface area (Å²) in [6.45, 7) is 5.76. The summed E-state index contributed by atoms with van der Waals surface area (Å²) < 4.78 is 90.7. The standard InChI is InChI=1S/C22H21F6NO4/c1-3-4-13(2)18(15-5-6-16-17(11-15)32-12-31-16)14-7-9-29(10-8-14)20(30)33-19(21(23,24)25)22(26,27)28/h3-6,11,19H,2,7-10,12H2,1H3. The Bertz CT molecular complexity index is 956. The first kappa shape index (κ1) is 24.5. The summed E-state index contributed by atoms with van der Waals surface area (Å²) in [5.74, 6) is 1.13. The Morgan fingerprint density at radius 3 is 2.27 bits per heavy atom. The molecule has 0 saturated carbocycles. The molecule has 0 unspecified atom stereocenters. The molecule has 1 amide bonds. The molecular weight excluding hydrogens is 456 g/mol. The normalized spacial score (nSPS) is 16.5.